The summed E-state index contributed by atoms with van der Waals surface area (Å²) >= 11 is 0. The van der Waals surface area contributed by atoms with Crippen molar-refractivity contribution in [1.82, 2.24) is 0 Å². The quantitative estimate of drug-likeness (QED) is 0.303. The Morgan fingerprint density at radius 3 is 2.58 bits per heavy atom. The van der Waals surface area contributed by atoms with E-state index >= 15 is 0 Å². The minimum absolute atomic E-state index is 0.0514. The summed E-state index contributed by atoms with van der Waals surface area (Å²) in [5, 5.41) is 15.3. The van der Waals surface area contributed by atoms with Crippen molar-refractivity contribution in [1.29, 1.82) is 0 Å². The molecule has 0 aromatic heterocycles. The van der Waals surface area contributed by atoms with E-state index in [0.29, 0.717) is 6.61 Å². The van der Waals surface area contributed by atoms with Crippen molar-refractivity contribution in [3.05, 3.63) is 111 Å². The number of nitrogens with one attached hydrogen (secondary N) is 1. The first-order chi connectivity index (χ1) is 15.1. The Balaban J connectivity index is 1.41. The minimum atomic E-state index is -0.262. The van der Waals surface area contributed by atoms with Gasteiger partial charge in [0, 0.05) is 17.7 Å². The monoisotopic (exact) mass is 412 g/mol. The van der Waals surface area contributed by atoms with Crippen molar-refractivity contribution in [3.8, 4) is 5.75 Å². The highest BCUT2D eigenvalue weighted by Crippen LogP contribution is 2.53. The molecule has 0 radical (unpaired) electrons. The molecular weight excluding hydrogens is 388 g/mol. The Morgan fingerprint density at radius 2 is 1.84 bits per heavy atom. The molecular formula is C26H24N2O3. The SMILES string of the molecule is Cc1ccc([N+](=O)[O-])c2c1NC(c1ccc(OCc3ccccc3)cc1)C1CC=CC21. The van der Waals surface area contributed by atoms with Crippen LogP contribution in [0.4, 0.5) is 11.4 Å². The van der Waals surface area contributed by atoms with Gasteiger partial charge in [0.25, 0.3) is 5.69 Å². The van der Waals surface area contributed by atoms with Gasteiger partial charge in [0.15, 0.2) is 0 Å². The Labute approximate surface area is 181 Å². The number of ether oxygens (including phenoxy) is 1. The summed E-state index contributed by atoms with van der Waals surface area (Å²) in [5.74, 6) is 1.14. The summed E-state index contributed by atoms with van der Waals surface area (Å²) in [6, 6.07) is 21.9. The topological polar surface area (TPSA) is 64.4 Å². The Kier molecular flexibility index (Phi) is 4.94. The lowest BCUT2D eigenvalue weighted by molar-refractivity contribution is -0.385. The number of hydrogen-bond acceptors (Lipinski definition) is 4. The van der Waals surface area contributed by atoms with Crippen molar-refractivity contribution in [2.24, 2.45) is 5.92 Å². The van der Waals surface area contributed by atoms with E-state index in [1.165, 1.54) is 5.56 Å². The molecule has 3 unspecified atom stereocenters. The fourth-order valence-electron chi connectivity index (χ4n) is 4.84. The number of anilines is 1. The highest BCUT2D eigenvalue weighted by atomic mass is 16.6. The molecule has 0 saturated heterocycles. The second-order valence-corrected chi connectivity index (χ2v) is 8.27. The zero-order valence-electron chi connectivity index (χ0n) is 17.3. The molecule has 31 heavy (non-hydrogen) atoms. The van der Waals surface area contributed by atoms with Crippen LogP contribution in [0.3, 0.4) is 0 Å². The van der Waals surface area contributed by atoms with Crippen LogP contribution in [0.25, 0.3) is 0 Å². The third-order valence-electron chi connectivity index (χ3n) is 6.39. The van der Waals surface area contributed by atoms with Gasteiger partial charge in [-0.3, -0.25) is 10.1 Å². The highest BCUT2D eigenvalue weighted by molar-refractivity contribution is 5.70. The number of nitro benzene ring substituents is 1. The van der Waals surface area contributed by atoms with Crippen LogP contribution in [0.1, 0.15) is 40.6 Å². The van der Waals surface area contributed by atoms with E-state index in [-0.39, 0.29) is 28.5 Å². The van der Waals surface area contributed by atoms with Crippen LogP contribution in [0.2, 0.25) is 0 Å². The van der Waals surface area contributed by atoms with Gasteiger partial charge in [-0.15, -0.1) is 0 Å². The number of allylic oxidation sites excluding steroid dienone is 2. The van der Waals surface area contributed by atoms with E-state index in [1.807, 2.05) is 55.5 Å². The normalized spacial score (nSPS) is 21.1. The molecule has 3 atom stereocenters. The molecule has 1 N–H and O–H groups in total. The predicted octanol–water partition coefficient (Wildman–Crippen LogP) is 6.31. The number of nitrogens with zero attached hydrogens (tertiary/aromatic N) is 1. The Hall–Kier alpha value is -3.60. The summed E-state index contributed by atoms with van der Waals surface area (Å²) in [6.07, 6.45) is 5.20. The Morgan fingerprint density at radius 1 is 1.06 bits per heavy atom. The van der Waals surface area contributed by atoms with Gasteiger partial charge in [-0.25, -0.2) is 0 Å². The first-order valence-electron chi connectivity index (χ1n) is 10.6. The molecule has 0 spiro atoms. The van der Waals surface area contributed by atoms with Crippen LogP contribution in [0.5, 0.6) is 5.75 Å². The number of rotatable bonds is 5. The first kappa shape index (κ1) is 19.4. The summed E-state index contributed by atoms with van der Waals surface area (Å²) in [4.78, 5) is 11.4. The van der Waals surface area contributed by atoms with Gasteiger partial charge in [0.2, 0.25) is 0 Å². The average molecular weight is 412 g/mol. The lowest BCUT2D eigenvalue weighted by Crippen LogP contribution is -2.30. The molecule has 2 aliphatic rings. The van der Waals surface area contributed by atoms with Gasteiger partial charge >= 0.3 is 0 Å². The van der Waals surface area contributed by atoms with E-state index in [2.05, 4.69) is 29.6 Å². The number of fused-ring (bicyclic) bond motifs is 3. The van der Waals surface area contributed by atoms with Gasteiger partial charge in [-0.1, -0.05) is 60.7 Å². The van der Waals surface area contributed by atoms with Crippen molar-refractivity contribution in [2.75, 3.05) is 5.32 Å². The summed E-state index contributed by atoms with van der Waals surface area (Å²) in [5.41, 5.74) is 5.26. The maximum absolute atomic E-state index is 11.7. The number of benzene rings is 3. The molecule has 3 aromatic carbocycles. The highest BCUT2D eigenvalue weighted by Gasteiger charge is 2.42. The molecule has 0 saturated carbocycles. The van der Waals surface area contributed by atoms with Gasteiger partial charge in [0.1, 0.15) is 12.4 Å². The molecule has 1 heterocycles. The van der Waals surface area contributed by atoms with Crippen LogP contribution >= 0.6 is 0 Å². The lowest BCUT2D eigenvalue weighted by atomic mass is 9.75. The molecule has 0 bridgehead atoms. The number of aryl methyl sites for hydroxylation is 1. The largest absolute Gasteiger partial charge is 0.489 e. The van der Waals surface area contributed by atoms with Crippen molar-refractivity contribution < 1.29 is 9.66 Å². The molecule has 156 valence electrons. The minimum Gasteiger partial charge on any atom is -0.489 e. The molecule has 0 fully saturated rings. The van der Waals surface area contributed by atoms with Crippen molar-refractivity contribution >= 4 is 11.4 Å². The van der Waals surface area contributed by atoms with Crippen LogP contribution in [-0.4, -0.2) is 4.92 Å². The van der Waals surface area contributed by atoms with Crippen LogP contribution in [0.15, 0.2) is 78.9 Å². The van der Waals surface area contributed by atoms with Gasteiger partial charge < -0.3 is 10.1 Å². The van der Waals surface area contributed by atoms with Crippen molar-refractivity contribution in [3.63, 3.8) is 0 Å². The van der Waals surface area contributed by atoms with Gasteiger partial charge in [0.05, 0.1) is 16.5 Å². The van der Waals surface area contributed by atoms with Crippen molar-refractivity contribution in [2.45, 2.75) is 31.9 Å². The maximum atomic E-state index is 11.7. The third-order valence-corrected chi connectivity index (χ3v) is 6.39. The van der Waals surface area contributed by atoms with E-state index in [1.54, 1.807) is 6.07 Å². The molecule has 5 heteroatoms. The van der Waals surface area contributed by atoms with Crippen LogP contribution < -0.4 is 10.1 Å². The summed E-state index contributed by atoms with van der Waals surface area (Å²) < 4.78 is 5.93. The summed E-state index contributed by atoms with van der Waals surface area (Å²) in [7, 11) is 0. The van der Waals surface area contributed by atoms with E-state index in [9.17, 15) is 10.1 Å². The number of nitro groups is 1. The molecule has 1 aliphatic heterocycles. The molecule has 3 aromatic rings. The van der Waals surface area contributed by atoms with E-state index in [0.717, 1.165) is 34.5 Å². The molecule has 1 aliphatic carbocycles. The predicted molar refractivity (Wildman–Crippen MR) is 121 cm³/mol. The molecule has 0 amide bonds. The maximum Gasteiger partial charge on any atom is 0.275 e. The van der Waals surface area contributed by atoms with Gasteiger partial charge in [-0.05, 0) is 48.1 Å². The fraction of sp³-hybridized carbons (Fsp3) is 0.231. The number of hydrogen-bond donors (Lipinski definition) is 1. The summed E-state index contributed by atoms with van der Waals surface area (Å²) in [6.45, 7) is 2.54. The molecule has 5 nitrogen and oxygen atoms in total. The van der Waals surface area contributed by atoms with E-state index in [4.69, 9.17) is 4.74 Å². The fourth-order valence-corrected chi connectivity index (χ4v) is 4.84. The Bertz CT molecular complexity index is 1140. The standard InChI is InChI=1S/C26H24N2O3/c1-17-10-15-23(28(29)30)24-21-8-5-9-22(21)26(27-25(17)24)19-11-13-20(14-12-19)31-16-18-6-3-2-4-7-18/h2-8,10-15,21-22,26-27H,9,16H2,1H3. The second kappa shape index (κ2) is 7.91. The van der Waals surface area contributed by atoms with Gasteiger partial charge in [-0.2, -0.15) is 0 Å². The average Bonchev–Trinajstić information content (AvgIpc) is 3.29. The van der Waals surface area contributed by atoms with Crippen LogP contribution in [-0.2, 0) is 6.61 Å². The third kappa shape index (κ3) is 3.56. The zero-order chi connectivity index (χ0) is 21.4. The lowest BCUT2D eigenvalue weighted by Gasteiger charge is -2.38. The molecule has 5 rings (SSSR count). The zero-order valence-corrected chi connectivity index (χ0v) is 17.3. The first-order valence-corrected chi connectivity index (χ1v) is 10.6. The second-order valence-electron chi connectivity index (χ2n) is 8.27. The van der Waals surface area contributed by atoms with E-state index < -0.39 is 0 Å². The smallest absolute Gasteiger partial charge is 0.275 e. The van der Waals surface area contributed by atoms with Crippen LogP contribution in [0, 0.1) is 23.0 Å².